The molecule has 132 valence electrons. The van der Waals surface area contributed by atoms with E-state index in [1.165, 1.54) is 11.9 Å². The summed E-state index contributed by atoms with van der Waals surface area (Å²) in [6.45, 7) is 7.40. The predicted molar refractivity (Wildman–Crippen MR) is 93.2 cm³/mol. The van der Waals surface area contributed by atoms with Crippen molar-refractivity contribution < 1.29 is 19.5 Å². The number of urea groups is 1. The summed E-state index contributed by atoms with van der Waals surface area (Å²) in [6, 6.07) is 4.84. The van der Waals surface area contributed by atoms with E-state index in [9.17, 15) is 14.4 Å². The number of hydrogen-bond acceptors (Lipinski definition) is 3. The number of nitrogens with one attached hydrogen (secondary N) is 2. The number of nitrogens with zero attached hydrogens (tertiary/aromatic N) is 1. The second kappa shape index (κ2) is 7.81. The number of carbonyl (C=O) groups excluding carboxylic acids is 2. The van der Waals surface area contributed by atoms with Crippen LogP contribution in [0.3, 0.4) is 0 Å². The fourth-order valence-corrected chi connectivity index (χ4v) is 1.73. The molecule has 1 aromatic carbocycles. The molecule has 1 aromatic rings. The molecule has 24 heavy (non-hydrogen) atoms. The molecule has 0 unspecified atom stereocenters. The lowest BCUT2D eigenvalue weighted by molar-refractivity contribution is -0.137. The van der Waals surface area contributed by atoms with Gasteiger partial charge in [-0.1, -0.05) is 26.8 Å². The predicted octanol–water partition coefficient (Wildman–Crippen LogP) is 2.92. The molecule has 0 bridgehead atoms. The van der Waals surface area contributed by atoms with E-state index in [1.54, 1.807) is 18.2 Å². The minimum Gasteiger partial charge on any atom is -0.481 e. The van der Waals surface area contributed by atoms with Gasteiger partial charge in [-0.15, -0.1) is 0 Å². The van der Waals surface area contributed by atoms with Gasteiger partial charge in [0.25, 0.3) is 0 Å². The molecule has 1 rings (SSSR count). The zero-order valence-corrected chi connectivity index (χ0v) is 14.8. The molecule has 0 spiro atoms. The average Bonchev–Trinajstić information content (AvgIpc) is 2.46. The van der Waals surface area contributed by atoms with Crippen molar-refractivity contribution in [2.75, 3.05) is 24.2 Å². The molecule has 0 aromatic heterocycles. The van der Waals surface area contributed by atoms with Gasteiger partial charge < -0.3 is 20.6 Å². The van der Waals surface area contributed by atoms with Gasteiger partial charge in [0.05, 0.1) is 6.42 Å². The highest BCUT2D eigenvalue weighted by molar-refractivity contribution is 5.96. The minimum atomic E-state index is -0.960. The van der Waals surface area contributed by atoms with E-state index in [0.717, 1.165) is 5.56 Å². The third-order valence-electron chi connectivity index (χ3n) is 3.43. The highest BCUT2D eigenvalue weighted by Gasteiger charge is 2.21. The van der Waals surface area contributed by atoms with Crippen LogP contribution in [0.25, 0.3) is 0 Å². The van der Waals surface area contributed by atoms with Crippen LogP contribution in [0, 0.1) is 12.3 Å². The van der Waals surface area contributed by atoms with Crippen LogP contribution < -0.4 is 10.6 Å². The van der Waals surface area contributed by atoms with Crippen LogP contribution in [0.15, 0.2) is 18.2 Å². The summed E-state index contributed by atoms with van der Waals surface area (Å²) < 4.78 is 0. The molecule has 0 aliphatic carbocycles. The van der Waals surface area contributed by atoms with E-state index in [1.807, 2.05) is 27.7 Å². The van der Waals surface area contributed by atoms with Gasteiger partial charge in [-0.05, 0) is 24.6 Å². The Morgan fingerprint density at radius 2 is 1.79 bits per heavy atom. The number of carboxylic acids is 1. The average molecular weight is 335 g/mol. The van der Waals surface area contributed by atoms with Crippen LogP contribution in [0.5, 0.6) is 0 Å². The van der Waals surface area contributed by atoms with Crippen LogP contribution in [0.1, 0.15) is 32.8 Å². The van der Waals surface area contributed by atoms with Gasteiger partial charge in [0.1, 0.15) is 0 Å². The standard InChI is InChI=1S/C17H25N3O4/c1-11-6-7-12(18-15(23)17(2,3)4)10-13(11)19-16(24)20(5)9-8-14(21)22/h6-7,10H,8-9H2,1-5H3,(H,18,23)(H,19,24)(H,21,22). The zero-order chi connectivity index (χ0) is 18.5. The van der Waals surface area contributed by atoms with Gasteiger partial charge >= 0.3 is 12.0 Å². The molecule has 7 heteroatoms. The molecule has 0 saturated carbocycles. The molecular formula is C17H25N3O4. The molecule has 0 heterocycles. The Labute approximate surface area is 142 Å². The number of carboxylic acid groups (broad SMARTS) is 1. The normalized spacial score (nSPS) is 10.9. The van der Waals surface area contributed by atoms with E-state index in [-0.39, 0.29) is 18.9 Å². The first-order chi connectivity index (χ1) is 11.0. The van der Waals surface area contributed by atoms with Crippen LogP contribution in [-0.4, -0.2) is 41.5 Å². The first kappa shape index (κ1) is 19.5. The van der Waals surface area contributed by atoms with Crippen molar-refractivity contribution in [3.05, 3.63) is 23.8 Å². The Hall–Kier alpha value is -2.57. The molecule has 0 saturated heterocycles. The molecular weight excluding hydrogens is 310 g/mol. The fraction of sp³-hybridized carbons (Fsp3) is 0.471. The topological polar surface area (TPSA) is 98.7 Å². The van der Waals surface area contributed by atoms with Crippen molar-refractivity contribution in [2.24, 2.45) is 5.41 Å². The number of aliphatic carboxylic acids is 1. The SMILES string of the molecule is Cc1ccc(NC(=O)C(C)(C)C)cc1NC(=O)N(C)CCC(=O)O. The lowest BCUT2D eigenvalue weighted by Gasteiger charge is -2.20. The van der Waals surface area contributed by atoms with Crippen molar-refractivity contribution in [2.45, 2.75) is 34.1 Å². The lowest BCUT2D eigenvalue weighted by atomic mass is 9.95. The largest absolute Gasteiger partial charge is 0.481 e. The molecule has 0 radical (unpaired) electrons. The number of rotatable bonds is 5. The van der Waals surface area contributed by atoms with Gasteiger partial charge in [-0.2, -0.15) is 0 Å². The zero-order valence-electron chi connectivity index (χ0n) is 14.8. The Balaban J connectivity index is 2.81. The molecule has 0 aliphatic rings. The molecule has 3 amide bonds. The van der Waals surface area contributed by atoms with E-state index in [2.05, 4.69) is 10.6 Å². The van der Waals surface area contributed by atoms with Gasteiger partial charge in [0.2, 0.25) is 5.91 Å². The molecule has 0 aliphatic heterocycles. The number of hydrogen-bond donors (Lipinski definition) is 3. The quantitative estimate of drug-likeness (QED) is 0.770. The van der Waals surface area contributed by atoms with E-state index < -0.39 is 17.4 Å². The van der Waals surface area contributed by atoms with Crippen LogP contribution >= 0.6 is 0 Å². The minimum absolute atomic E-state index is 0.112. The first-order valence-corrected chi connectivity index (χ1v) is 7.66. The Morgan fingerprint density at radius 1 is 1.17 bits per heavy atom. The monoisotopic (exact) mass is 335 g/mol. The molecule has 3 N–H and O–H groups in total. The second-order valence-electron chi connectivity index (χ2n) is 6.73. The van der Waals surface area contributed by atoms with Gasteiger partial charge in [0, 0.05) is 30.4 Å². The summed E-state index contributed by atoms with van der Waals surface area (Å²) in [4.78, 5) is 36.0. The Kier molecular flexibility index (Phi) is 6.34. The number of anilines is 2. The summed E-state index contributed by atoms with van der Waals surface area (Å²) in [5.74, 6) is -1.08. The van der Waals surface area contributed by atoms with E-state index in [0.29, 0.717) is 11.4 Å². The number of benzene rings is 1. The highest BCUT2D eigenvalue weighted by atomic mass is 16.4. The summed E-state index contributed by atoms with van der Waals surface area (Å²) in [5.41, 5.74) is 1.47. The third-order valence-corrected chi connectivity index (χ3v) is 3.43. The van der Waals surface area contributed by atoms with E-state index in [4.69, 9.17) is 5.11 Å². The maximum Gasteiger partial charge on any atom is 0.321 e. The molecule has 7 nitrogen and oxygen atoms in total. The number of amides is 3. The summed E-state index contributed by atoms with van der Waals surface area (Å²) in [5, 5.41) is 14.2. The Bertz CT molecular complexity index is 635. The van der Waals surface area contributed by atoms with Crippen molar-refractivity contribution in [1.29, 1.82) is 0 Å². The number of carbonyl (C=O) groups is 3. The van der Waals surface area contributed by atoms with Crippen molar-refractivity contribution in [3.8, 4) is 0 Å². The smallest absolute Gasteiger partial charge is 0.321 e. The summed E-state index contributed by atoms with van der Waals surface area (Å²) in [6.07, 6.45) is -0.120. The van der Waals surface area contributed by atoms with Gasteiger partial charge in [-0.3, -0.25) is 9.59 Å². The van der Waals surface area contributed by atoms with Crippen LogP contribution in [0.2, 0.25) is 0 Å². The van der Waals surface area contributed by atoms with Crippen molar-refractivity contribution in [3.63, 3.8) is 0 Å². The van der Waals surface area contributed by atoms with Crippen LogP contribution in [-0.2, 0) is 9.59 Å². The van der Waals surface area contributed by atoms with E-state index >= 15 is 0 Å². The maximum absolute atomic E-state index is 12.1. The summed E-state index contributed by atoms with van der Waals surface area (Å²) in [7, 11) is 1.53. The fourth-order valence-electron chi connectivity index (χ4n) is 1.73. The lowest BCUT2D eigenvalue weighted by Crippen LogP contribution is -2.33. The van der Waals surface area contributed by atoms with Crippen molar-refractivity contribution >= 4 is 29.3 Å². The number of aryl methyl sites for hydroxylation is 1. The molecule has 0 fully saturated rings. The first-order valence-electron chi connectivity index (χ1n) is 7.66. The van der Waals surface area contributed by atoms with Crippen molar-refractivity contribution in [1.82, 2.24) is 4.90 Å². The van der Waals surface area contributed by atoms with Gasteiger partial charge in [0.15, 0.2) is 0 Å². The highest BCUT2D eigenvalue weighted by Crippen LogP contribution is 2.23. The third kappa shape index (κ3) is 5.91. The molecule has 0 atom stereocenters. The van der Waals surface area contributed by atoms with Gasteiger partial charge in [-0.25, -0.2) is 4.79 Å². The van der Waals surface area contributed by atoms with Crippen LogP contribution in [0.4, 0.5) is 16.2 Å². The second-order valence-corrected chi connectivity index (χ2v) is 6.73. The Morgan fingerprint density at radius 3 is 2.33 bits per heavy atom. The summed E-state index contributed by atoms with van der Waals surface area (Å²) >= 11 is 0. The maximum atomic E-state index is 12.1.